The van der Waals surface area contributed by atoms with Gasteiger partial charge in [-0.3, -0.25) is 14.4 Å². The minimum atomic E-state index is -0.737. The zero-order chi connectivity index (χ0) is 35.7. The Bertz CT molecular complexity index is 1770. The second-order valence-electron chi connectivity index (χ2n) is 13.7. The number of hydrogen-bond acceptors (Lipinski definition) is 10. The molecule has 4 aromatic rings. The number of ketones is 2. The molecule has 0 unspecified atom stereocenters. The first-order valence-corrected chi connectivity index (χ1v) is 19.3. The van der Waals surface area contributed by atoms with Crippen molar-refractivity contribution in [1.29, 1.82) is 0 Å². The number of likely N-dealkylation sites (tertiary alicyclic amines) is 1. The molecule has 3 heterocycles. The van der Waals surface area contributed by atoms with E-state index < -0.39 is 12.0 Å². The quantitative estimate of drug-likeness (QED) is 0.0915. The van der Waals surface area contributed by atoms with E-state index in [9.17, 15) is 14.4 Å². The minimum Gasteiger partial charge on any atom is -0.372 e. The van der Waals surface area contributed by atoms with Crippen molar-refractivity contribution < 1.29 is 23.6 Å². The van der Waals surface area contributed by atoms with Crippen LogP contribution in [0.15, 0.2) is 59.1 Å². The van der Waals surface area contributed by atoms with Crippen LogP contribution in [0.2, 0.25) is 5.02 Å². The van der Waals surface area contributed by atoms with Crippen LogP contribution < -0.4 is 5.73 Å². The molecule has 2 N–H and O–H groups in total. The van der Waals surface area contributed by atoms with Gasteiger partial charge in [0.25, 0.3) is 5.89 Å². The number of amides is 1. The summed E-state index contributed by atoms with van der Waals surface area (Å²) in [5, 5.41) is 5.73. The molecule has 0 radical (unpaired) electrons. The molecule has 1 saturated carbocycles. The number of aromatic nitrogens is 3. The maximum Gasteiger partial charge on any atom is 0.258 e. The summed E-state index contributed by atoms with van der Waals surface area (Å²) in [5.74, 6) is -0.752. The molecule has 3 atom stereocenters. The van der Waals surface area contributed by atoms with Crippen LogP contribution in [0, 0.1) is 12.8 Å². The Hall–Kier alpha value is -3.77. The van der Waals surface area contributed by atoms with Gasteiger partial charge in [0.15, 0.2) is 5.78 Å². The van der Waals surface area contributed by atoms with E-state index in [1.54, 1.807) is 16.2 Å². The second kappa shape index (κ2) is 17.6. The highest BCUT2D eigenvalue weighted by molar-refractivity contribution is 7.11. The first kappa shape index (κ1) is 37.0. The second-order valence-corrected chi connectivity index (χ2v) is 15.4. The lowest BCUT2D eigenvalue weighted by Crippen LogP contribution is -2.42. The highest BCUT2D eigenvalue weighted by Gasteiger charge is 2.41. The normalized spacial score (nSPS) is 18.6. The smallest absolute Gasteiger partial charge is 0.258 e. The third kappa shape index (κ3) is 9.57. The number of nitrogens with two attached hydrogens (primary N) is 1. The first-order chi connectivity index (χ1) is 24.8. The molecule has 0 bridgehead atoms. The number of hydrogen-bond donors (Lipinski definition) is 1. The van der Waals surface area contributed by atoms with Crippen molar-refractivity contribution in [3.63, 3.8) is 0 Å². The molecule has 0 spiro atoms. The van der Waals surface area contributed by atoms with E-state index >= 15 is 0 Å². The van der Waals surface area contributed by atoms with E-state index in [0.717, 1.165) is 34.0 Å². The fourth-order valence-corrected chi connectivity index (χ4v) is 8.35. The number of nitrogens with zero attached hydrogens (tertiary/aromatic N) is 4. The molecule has 2 aromatic carbocycles. The minimum absolute atomic E-state index is 0.0570. The average Bonchev–Trinajstić information content (AvgIpc) is 3.91. The molecule has 1 amide bonds. The number of halogens is 1. The zero-order valence-corrected chi connectivity index (χ0v) is 30.7. The van der Waals surface area contributed by atoms with E-state index in [2.05, 4.69) is 10.1 Å². The molecule has 1 aliphatic carbocycles. The Morgan fingerprint density at radius 3 is 2.55 bits per heavy atom. The van der Waals surface area contributed by atoms with Crippen molar-refractivity contribution >= 4 is 40.4 Å². The van der Waals surface area contributed by atoms with E-state index in [0.29, 0.717) is 55.3 Å². The monoisotopic (exact) mass is 731 g/mol. The van der Waals surface area contributed by atoms with Gasteiger partial charge in [0, 0.05) is 46.7 Å². The van der Waals surface area contributed by atoms with Crippen molar-refractivity contribution in [3.8, 4) is 11.5 Å². The summed E-state index contributed by atoms with van der Waals surface area (Å²) in [6.07, 6.45) is 7.82. The summed E-state index contributed by atoms with van der Waals surface area (Å²) >= 11 is 7.76. The highest BCUT2D eigenvalue weighted by atomic mass is 35.5. The molecular weight excluding hydrogens is 686 g/mol. The zero-order valence-electron chi connectivity index (χ0n) is 29.1. The summed E-state index contributed by atoms with van der Waals surface area (Å²) in [4.78, 5) is 54.1. The number of carbonyl (C=O) groups is 3. The summed E-state index contributed by atoms with van der Waals surface area (Å²) in [5.41, 5.74) is 8.20. The van der Waals surface area contributed by atoms with E-state index in [-0.39, 0.29) is 54.7 Å². The van der Waals surface area contributed by atoms with Crippen molar-refractivity contribution in [2.24, 2.45) is 11.7 Å². The molecule has 2 aromatic heterocycles. The van der Waals surface area contributed by atoms with Gasteiger partial charge in [-0.1, -0.05) is 72.8 Å². The number of rotatable bonds is 16. The largest absolute Gasteiger partial charge is 0.372 e. The predicted molar refractivity (Wildman–Crippen MR) is 197 cm³/mol. The van der Waals surface area contributed by atoms with Crippen LogP contribution >= 0.6 is 22.9 Å². The van der Waals surface area contributed by atoms with Crippen LogP contribution in [0.5, 0.6) is 0 Å². The first-order valence-electron chi connectivity index (χ1n) is 18.1. The van der Waals surface area contributed by atoms with Crippen LogP contribution in [0.25, 0.3) is 11.5 Å². The van der Waals surface area contributed by atoms with Gasteiger partial charge in [-0.25, -0.2) is 4.98 Å². The molecule has 2 fully saturated rings. The topological polar surface area (TPSA) is 142 Å². The standard InChI is InChI=1S/C39H46ClN5O5S/c1-25-32(42-39(51-25)28-12-6-3-7-13-28)22-35(47)45-23-31(49-24-26-15-17-30(40)18-16-26)21-33(45)34(46)20-29(14-8-9-19-41)36(48)37-43-38(50-44-37)27-10-4-2-5-11-27/h2,4-5,10-11,15-18,28-29,31,33H,3,6-9,12-14,19-24,41H2,1H3/t29-,31-,33+/m1/s1. The Labute approximate surface area is 308 Å². The van der Waals surface area contributed by atoms with Gasteiger partial charge < -0.3 is 19.9 Å². The van der Waals surface area contributed by atoms with E-state index in [4.69, 9.17) is 31.6 Å². The lowest BCUT2D eigenvalue weighted by molar-refractivity contribution is -0.137. The summed E-state index contributed by atoms with van der Waals surface area (Å²) in [6.45, 7) is 3.10. The number of thiazole rings is 1. The van der Waals surface area contributed by atoms with Crippen LogP contribution in [0.4, 0.5) is 0 Å². The third-order valence-electron chi connectivity index (χ3n) is 10.0. The molecule has 12 heteroatoms. The molecular formula is C39H46ClN5O5S. The SMILES string of the molecule is Cc1sc(C2CCCCC2)nc1CC(=O)N1C[C@H](OCc2ccc(Cl)cc2)C[C@H]1C(=O)C[C@@H](CCCCN)C(=O)c1noc(-c2ccccc2)n1. The number of benzene rings is 2. The number of aryl methyl sites for hydroxylation is 1. The Kier molecular flexibility index (Phi) is 12.8. The summed E-state index contributed by atoms with van der Waals surface area (Å²) in [6, 6.07) is 15.9. The van der Waals surface area contributed by atoms with Crippen LogP contribution in [0.1, 0.15) is 102 Å². The van der Waals surface area contributed by atoms with Crippen molar-refractivity contribution in [1.82, 2.24) is 20.0 Å². The van der Waals surface area contributed by atoms with Crippen LogP contribution in [-0.4, -0.2) is 62.7 Å². The predicted octanol–water partition coefficient (Wildman–Crippen LogP) is 7.52. The molecule has 1 saturated heterocycles. The lowest BCUT2D eigenvalue weighted by Gasteiger charge is -2.25. The van der Waals surface area contributed by atoms with Gasteiger partial charge in [-0.15, -0.1) is 11.3 Å². The molecule has 10 nitrogen and oxygen atoms in total. The van der Waals surface area contributed by atoms with Crippen molar-refractivity contribution in [3.05, 3.63) is 86.6 Å². The molecule has 6 rings (SSSR count). The number of unbranched alkanes of at least 4 members (excludes halogenated alkanes) is 1. The van der Waals surface area contributed by atoms with Crippen LogP contribution in [-0.2, 0) is 27.4 Å². The van der Waals surface area contributed by atoms with Crippen LogP contribution in [0.3, 0.4) is 0 Å². The molecule has 1 aliphatic heterocycles. The number of carbonyl (C=O) groups excluding carboxylic acids is 3. The van der Waals surface area contributed by atoms with Crippen molar-refractivity contribution in [2.45, 2.75) is 102 Å². The average molecular weight is 732 g/mol. The van der Waals surface area contributed by atoms with Gasteiger partial charge in [0.2, 0.25) is 17.5 Å². The Morgan fingerprint density at radius 2 is 1.80 bits per heavy atom. The maximum atomic E-state index is 14.2. The number of Topliss-reactive ketones (excluding diaryl/α,β-unsaturated/α-hetero) is 2. The fourth-order valence-electron chi connectivity index (χ4n) is 7.12. The van der Waals surface area contributed by atoms with Gasteiger partial charge in [-0.05, 0) is 69.0 Å². The lowest BCUT2D eigenvalue weighted by atomic mass is 9.89. The third-order valence-corrected chi connectivity index (χ3v) is 11.5. The highest BCUT2D eigenvalue weighted by Crippen LogP contribution is 2.36. The van der Waals surface area contributed by atoms with Crippen molar-refractivity contribution in [2.75, 3.05) is 13.1 Å². The summed E-state index contributed by atoms with van der Waals surface area (Å²) in [7, 11) is 0. The number of ether oxygens (including phenoxy) is 1. The maximum absolute atomic E-state index is 14.2. The van der Waals surface area contributed by atoms with Gasteiger partial charge in [-0.2, -0.15) is 4.98 Å². The molecule has 270 valence electrons. The Balaban J connectivity index is 1.19. The molecule has 2 aliphatic rings. The summed E-state index contributed by atoms with van der Waals surface area (Å²) < 4.78 is 11.7. The fraction of sp³-hybridized carbons (Fsp3) is 0.487. The van der Waals surface area contributed by atoms with E-state index in [1.807, 2.05) is 61.5 Å². The van der Waals surface area contributed by atoms with Gasteiger partial charge >= 0.3 is 0 Å². The van der Waals surface area contributed by atoms with Gasteiger partial charge in [0.05, 0.1) is 35.9 Å². The molecule has 51 heavy (non-hydrogen) atoms. The Morgan fingerprint density at radius 1 is 1.04 bits per heavy atom. The van der Waals surface area contributed by atoms with Gasteiger partial charge in [0.1, 0.15) is 0 Å². The van der Waals surface area contributed by atoms with E-state index in [1.165, 1.54) is 19.3 Å².